The fourth-order valence-electron chi connectivity index (χ4n) is 3.89. The Hall–Kier alpha value is -4.23. The normalized spacial score (nSPS) is 11.1. The number of aromatic nitrogens is 3. The van der Waals surface area contributed by atoms with Gasteiger partial charge in [0.25, 0.3) is 5.89 Å². The number of rotatable bonds is 9. The van der Waals surface area contributed by atoms with Crippen LogP contribution in [0.2, 0.25) is 0 Å². The van der Waals surface area contributed by atoms with Gasteiger partial charge in [-0.3, -0.25) is 14.3 Å². The van der Waals surface area contributed by atoms with Gasteiger partial charge < -0.3 is 14.2 Å². The van der Waals surface area contributed by atoms with Gasteiger partial charge in [-0.05, 0) is 68.8 Å². The molecule has 4 aromatic rings. The summed E-state index contributed by atoms with van der Waals surface area (Å²) in [5, 5.41) is 20.7. The van der Waals surface area contributed by atoms with Crippen LogP contribution in [0.15, 0.2) is 51.5 Å². The molecule has 0 saturated heterocycles. The van der Waals surface area contributed by atoms with Crippen molar-refractivity contribution < 1.29 is 18.0 Å². The van der Waals surface area contributed by atoms with Crippen LogP contribution in [0.25, 0.3) is 17.3 Å². The van der Waals surface area contributed by atoms with Crippen LogP contribution in [0, 0.1) is 31.0 Å². The smallest absolute Gasteiger partial charge is 0.283 e. The number of amides is 1. The topological polar surface area (TPSA) is 113 Å². The molecule has 1 N–H and O–H groups in total. The van der Waals surface area contributed by atoms with Gasteiger partial charge in [0.05, 0.1) is 24.9 Å². The summed E-state index contributed by atoms with van der Waals surface area (Å²) in [7, 11) is 0. The van der Waals surface area contributed by atoms with Gasteiger partial charge in [-0.1, -0.05) is 6.92 Å². The Morgan fingerprint density at radius 3 is 2.66 bits per heavy atom. The second-order valence-electron chi connectivity index (χ2n) is 8.09. The summed E-state index contributed by atoms with van der Waals surface area (Å²) in [6, 6.07) is 11.5. The van der Waals surface area contributed by atoms with Crippen LogP contribution in [0.4, 0.5) is 10.2 Å². The Bertz CT molecular complexity index is 1350. The Morgan fingerprint density at radius 2 is 2.00 bits per heavy atom. The summed E-state index contributed by atoms with van der Waals surface area (Å²) in [5.41, 5.74) is 2.53. The molecule has 0 bridgehead atoms. The number of anilines is 1. The van der Waals surface area contributed by atoms with E-state index in [0.29, 0.717) is 35.3 Å². The largest absolute Gasteiger partial charge is 0.459 e. The van der Waals surface area contributed by atoms with Gasteiger partial charge in [-0.2, -0.15) is 5.26 Å². The van der Waals surface area contributed by atoms with Crippen LogP contribution < -0.4 is 5.32 Å². The Kier molecular flexibility index (Phi) is 7.08. The fourth-order valence-corrected chi connectivity index (χ4v) is 3.89. The number of carbonyl (C=O) groups is 1. The molecule has 3 heterocycles. The summed E-state index contributed by atoms with van der Waals surface area (Å²) in [6.45, 7) is 6.62. The molecule has 4 rings (SSSR count). The lowest BCUT2D eigenvalue weighted by Gasteiger charge is -2.20. The molecule has 1 aromatic carbocycles. The van der Waals surface area contributed by atoms with Gasteiger partial charge in [-0.25, -0.2) is 4.39 Å². The Morgan fingerprint density at radius 1 is 1.23 bits per heavy atom. The highest BCUT2D eigenvalue weighted by molar-refractivity contribution is 5.93. The van der Waals surface area contributed by atoms with E-state index in [-0.39, 0.29) is 30.7 Å². The second-order valence-corrected chi connectivity index (χ2v) is 8.09. The minimum Gasteiger partial charge on any atom is -0.459 e. The number of carbonyl (C=O) groups excluding carboxylic acids is 1. The maximum Gasteiger partial charge on any atom is 0.283 e. The van der Waals surface area contributed by atoms with Crippen molar-refractivity contribution in [2.24, 2.45) is 0 Å². The number of furan rings is 1. The number of halogens is 1. The summed E-state index contributed by atoms with van der Waals surface area (Å²) in [5.74, 6) is 0.784. The molecule has 9 nitrogen and oxygen atoms in total. The van der Waals surface area contributed by atoms with Crippen LogP contribution >= 0.6 is 0 Å². The van der Waals surface area contributed by atoms with E-state index in [2.05, 4.69) is 21.6 Å². The van der Waals surface area contributed by atoms with Gasteiger partial charge in [0.1, 0.15) is 17.7 Å². The zero-order valence-corrected chi connectivity index (χ0v) is 19.7. The van der Waals surface area contributed by atoms with Gasteiger partial charge in [0.15, 0.2) is 5.76 Å². The van der Waals surface area contributed by atoms with Gasteiger partial charge in [0, 0.05) is 11.4 Å². The van der Waals surface area contributed by atoms with Crippen molar-refractivity contribution in [1.82, 2.24) is 19.7 Å². The monoisotopic (exact) mass is 476 g/mol. The molecule has 1 amide bonds. The minimum atomic E-state index is -0.368. The highest BCUT2D eigenvalue weighted by Gasteiger charge is 2.22. The van der Waals surface area contributed by atoms with Gasteiger partial charge in [0.2, 0.25) is 11.8 Å². The standard InChI is InChI=1S/C25H25FN6O3/c1-4-11-31(15-23-29-30-25(35-23)21-6-5-12-34-21)14-22(33)28-24-20(13-27)16(2)17(3)32(24)19-9-7-18(26)8-10-19/h5-10,12H,4,11,14-15H2,1-3H3,(H,28,33). The van der Waals surface area contributed by atoms with E-state index < -0.39 is 0 Å². The van der Waals surface area contributed by atoms with Crippen molar-refractivity contribution in [3.05, 3.63) is 71.2 Å². The number of hydrogen-bond donors (Lipinski definition) is 1. The van der Waals surface area contributed by atoms with Crippen molar-refractivity contribution in [3.63, 3.8) is 0 Å². The molecule has 0 aliphatic rings. The third kappa shape index (κ3) is 5.15. The molecular formula is C25H25FN6O3. The highest BCUT2D eigenvalue weighted by atomic mass is 19.1. The first-order chi connectivity index (χ1) is 16.9. The first-order valence-corrected chi connectivity index (χ1v) is 11.2. The number of hydrogen-bond acceptors (Lipinski definition) is 7. The average molecular weight is 477 g/mol. The molecule has 3 aromatic heterocycles. The van der Waals surface area contributed by atoms with Crippen molar-refractivity contribution >= 4 is 11.7 Å². The predicted octanol–water partition coefficient (Wildman–Crippen LogP) is 4.60. The van der Waals surface area contributed by atoms with Crippen LogP contribution in [0.3, 0.4) is 0 Å². The molecule has 0 aliphatic heterocycles. The minimum absolute atomic E-state index is 0.0455. The molecule has 0 radical (unpaired) electrons. The molecule has 10 heteroatoms. The Labute approximate surface area is 201 Å². The summed E-state index contributed by atoms with van der Waals surface area (Å²) in [4.78, 5) is 15.0. The van der Waals surface area contributed by atoms with E-state index in [1.807, 2.05) is 25.7 Å². The molecule has 0 aliphatic carbocycles. The number of nitrogens with zero attached hydrogens (tertiary/aromatic N) is 5. The summed E-state index contributed by atoms with van der Waals surface area (Å²) >= 11 is 0. The van der Waals surface area contributed by atoms with Gasteiger partial charge in [-0.15, -0.1) is 10.2 Å². The molecule has 0 unspecified atom stereocenters. The summed E-state index contributed by atoms with van der Waals surface area (Å²) < 4.78 is 26.2. The van der Waals surface area contributed by atoms with E-state index in [0.717, 1.165) is 17.7 Å². The lowest BCUT2D eigenvalue weighted by molar-refractivity contribution is -0.117. The van der Waals surface area contributed by atoms with E-state index >= 15 is 0 Å². The fraction of sp³-hybridized carbons (Fsp3) is 0.280. The second kappa shape index (κ2) is 10.4. The molecular weight excluding hydrogens is 451 g/mol. The van der Waals surface area contributed by atoms with Crippen LogP contribution in [0.1, 0.15) is 36.1 Å². The van der Waals surface area contributed by atoms with Crippen molar-refractivity contribution in [2.45, 2.75) is 33.7 Å². The zero-order chi connectivity index (χ0) is 24.9. The lowest BCUT2D eigenvalue weighted by Crippen LogP contribution is -2.34. The Balaban J connectivity index is 1.54. The number of nitrogens with one attached hydrogen (secondary N) is 1. The van der Waals surface area contributed by atoms with Gasteiger partial charge >= 0.3 is 0 Å². The van der Waals surface area contributed by atoms with E-state index in [1.165, 1.54) is 18.4 Å². The van der Waals surface area contributed by atoms with Crippen LogP contribution in [-0.2, 0) is 11.3 Å². The molecule has 0 spiro atoms. The maximum atomic E-state index is 13.5. The lowest BCUT2D eigenvalue weighted by atomic mass is 10.2. The first-order valence-electron chi connectivity index (χ1n) is 11.2. The predicted molar refractivity (Wildman–Crippen MR) is 126 cm³/mol. The third-order valence-electron chi connectivity index (χ3n) is 5.63. The SMILES string of the molecule is CCCN(CC(=O)Nc1c(C#N)c(C)c(C)n1-c1ccc(F)cc1)Cc1nnc(-c2ccco2)o1. The van der Waals surface area contributed by atoms with Crippen molar-refractivity contribution in [3.8, 4) is 23.4 Å². The quantitative estimate of drug-likeness (QED) is 0.376. The molecule has 0 atom stereocenters. The van der Waals surface area contributed by atoms with Crippen LogP contribution in [0.5, 0.6) is 0 Å². The third-order valence-corrected chi connectivity index (χ3v) is 5.63. The molecule has 35 heavy (non-hydrogen) atoms. The molecule has 0 saturated carbocycles. The summed E-state index contributed by atoms with van der Waals surface area (Å²) in [6.07, 6.45) is 2.33. The molecule has 180 valence electrons. The van der Waals surface area contributed by atoms with Crippen molar-refractivity contribution in [1.29, 1.82) is 5.26 Å². The van der Waals surface area contributed by atoms with Crippen molar-refractivity contribution in [2.75, 3.05) is 18.4 Å². The molecule has 0 fully saturated rings. The average Bonchev–Trinajstić information content (AvgIpc) is 3.56. The van der Waals surface area contributed by atoms with Crippen LogP contribution in [-0.4, -0.2) is 38.7 Å². The number of nitriles is 1. The first kappa shape index (κ1) is 23.9. The maximum absolute atomic E-state index is 13.5. The highest BCUT2D eigenvalue weighted by Crippen LogP contribution is 2.30. The number of benzene rings is 1. The zero-order valence-electron chi connectivity index (χ0n) is 19.7. The van der Waals surface area contributed by atoms with E-state index in [9.17, 15) is 14.4 Å². The van der Waals surface area contributed by atoms with E-state index in [4.69, 9.17) is 8.83 Å². The van der Waals surface area contributed by atoms with E-state index in [1.54, 1.807) is 28.8 Å².